The van der Waals surface area contributed by atoms with Crippen LogP contribution in [-0.4, -0.2) is 20.9 Å². The number of aromatic nitrogens is 2. The molecule has 0 aliphatic heterocycles. The van der Waals surface area contributed by atoms with Crippen LogP contribution in [0.2, 0.25) is 0 Å². The van der Waals surface area contributed by atoms with E-state index in [0.717, 1.165) is 55.2 Å². The summed E-state index contributed by atoms with van der Waals surface area (Å²) in [6, 6.07) is 18.7. The van der Waals surface area contributed by atoms with Gasteiger partial charge < -0.3 is 5.11 Å². The first-order chi connectivity index (χ1) is 20.3. The van der Waals surface area contributed by atoms with Crippen molar-refractivity contribution in [2.75, 3.05) is 0 Å². The summed E-state index contributed by atoms with van der Waals surface area (Å²) in [5.41, 5.74) is 8.59. The van der Waals surface area contributed by atoms with E-state index in [1.54, 1.807) is 0 Å². The van der Waals surface area contributed by atoms with Gasteiger partial charge in [-0.15, -0.1) is 29.1 Å². The molecule has 2 heterocycles. The van der Waals surface area contributed by atoms with Crippen molar-refractivity contribution in [3.63, 3.8) is 0 Å². The fourth-order valence-corrected chi connectivity index (χ4v) is 5.89. The molecule has 2 aromatic heterocycles. The Hall–Kier alpha value is -3.14. The largest absolute Gasteiger partial charge is 0.512 e. The molecule has 0 spiro atoms. The maximum absolute atomic E-state index is 11.7. The molecule has 1 N–H and O–H groups in total. The Morgan fingerprint density at radius 2 is 1.58 bits per heavy atom. The monoisotopic (exact) mass is 754 g/mol. The van der Waals surface area contributed by atoms with Gasteiger partial charge in [0.15, 0.2) is 5.78 Å². The number of aliphatic hydroxyl groups is 1. The van der Waals surface area contributed by atoms with Crippen molar-refractivity contribution in [1.29, 1.82) is 0 Å². The van der Waals surface area contributed by atoms with Crippen LogP contribution in [0.3, 0.4) is 0 Å². The molecule has 0 bridgehead atoms. The number of hydrogen-bond acceptors (Lipinski definition) is 4. The normalized spacial score (nSPS) is 12.4. The molecule has 0 unspecified atom stereocenters. The zero-order valence-corrected chi connectivity index (χ0v) is 28.8. The zero-order valence-electron chi connectivity index (χ0n) is 26.4. The Morgan fingerprint density at radius 3 is 2.26 bits per heavy atom. The maximum atomic E-state index is 11.7. The van der Waals surface area contributed by atoms with Crippen LogP contribution in [0.25, 0.3) is 33.2 Å². The van der Waals surface area contributed by atoms with Gasteiger partial charge in [0.05, 0.1) is 5.76 Å². The topological polar surface area (TPSA) is 63.1 Å². The van der Waals surface area contributed by atoms with Gasteiger partial charge in [0, 0.05) is 67.9 Å². The third-order valence-electron chi connectivity index (χ3n) is 8.64. The van der Waals surface area contributed by atoms with Gasteiger partial charge in [0.1, 0.15) is 0 Å². The Kier molecular flexibility index (Phi) is 12.8. The number of hydrogen-bond donors (Lipinski definition) is 1. The van der Waals surface area contributed by atoms with E-state index >= 15 is 0 Å². The summed E-state index contributed by atoms with van der Waals surface area (Å²) in [6.07, 6.45) is 12.9. The summed E-state index contributed by atoms with van der Waals surface area (Å²) in [5.74, 6) is 0.997. The van der Waals surface area contributed by atoms with E-state index in [1.165, 1.54) is 39.3 Å². The standard InChI is InChI=1S/C25H21N2.C13H24O2.Ir/c1-16(2)22-12-20(11-18-5-3-4-6-21(18)22)25-13-23-19(14-27-25)8-7-17-9-10-26-15-24(17)23;1-5-10(6-2)12(14)9-13(15)11(7-3)8-4;/h3-6,9-10,12-16H,7-8H2,1-2H3;9-11,14H,5-8H2,1-4H3;/q-1;;/b;12-9-;. The molecule has 0 saturated carbocycles. The van der Waals surface area contributed by atoms with Gasteiger partial charge in [-0.1, -0.05) is 76.8 Å². The van der Waals surface area contributed by atoms with E-state index in [2.05, 4.69) is 67.4 Å². The van der Waals surface area contributed by atoms with Crippen molar-refractivity contribution < 1.29 is 30.0 Å². The first kappa shape index (κ1) is 34.4. The van der Waals surface area contributed by atoms with E-state index in [-0.39, 0.29) is 43.5 Å². The van der Waals surface area contributed by atoms with Crippen LogP contribution in [0.4, 0.5) is 0 Å². The fraction of sp³-hybridized carbons (Fsp3) is 0.395. The summed E-state index contributed by atoms with van der Waals surface area (Å²) in [4.78, 5) is 20.9. The molecule has 1 radical (unpaired) electrons. The van der Waals surface area contributed by atoms with Gasteiger partial charge in [-0.05, 0) is 67.2 Å². The number of ketones is 1. The first-order valence-corrected chi connectivity index (χ1v) is 15.6. The third-order valence-corrected chi connectivity index (χ3v) is 8.64. The van der Waals surface area contributed by atoms with Crippen molar-refractivity contribution in [2.45, 2.75) is 86.0 Å². The van der Waals surface area contributed by atoms with E-state index < -0.39 is 0 Å². The van der Waals surface area contributed by atoms with Crippen molar-refractivity contribution in [2.24, 2.45) is 11.8 Å². The van der Waals surface area contributed by atoms with E-state index in [1.807, 2.05) is 46.3 Å². The van der Waals surface area contributed by atoms with Gasteiger partial charge >= 0.3 is 0 Å². The van der Waals surface area contributed by atoms with E-state index in [0.29, 0.717) is 5.92 Å². The van der Waals surface area contributed by atoms with Gasteiger partial charge in [-0.25, -0.2) is 0 Å². The average Bonchev–Trinajstić information content (AvgIpc) is 3.01. The number of allylic oxidation sites excluding steroid dienone is 2. The maximum Gasteiger partial charge on any atom is 0.162 e. The molecule has 5 heteroatoms. The minimum Gasteiger partial charge on any atom is -0.512 e. The SMILES string of the molecule is CC(C)c1cc(-c2cc3c(cn2)CCc2ccncc2-3)[c-]c2ccccc12.CCC(CC)C(=O)/C=C(\O)C(CC)CC.[Ir]. The predicted molar refractivity (Wildman–Crippen MR) is 175 cm³/mol. The number of benzene rings is 2. The molecule has 5 rings (SSSR count). The second kappa shape index (κ2) is 16.1. The molecule has 229 valence electrons. The number of aliphatic hydroxyl groups excluding tert-OH is 1. The molecule has 0 atom stereocenters. The van der Waals surface area contributed by atoms with Gasteiger partial charge in [-0.3, -0.25) is 14.8 Å². The molecular formula is C38H45IrN2O2-. The minimum absolute atomic E-state index is 0. The number of aryl methyl sites for hydroxylation is 2. The van der Waals surface area contributed by atoms with Crippen molar-refractivity contribution in [1.82, 2.24) is 9.97 Å². The van der Waals surface area contributed by atoms with Gasteiger partial charge in [0.2, 0.25) is 0 Å². The van der Waals surface area contributed by atoms with Crippen LogP contribution in [0.1, 0.15) is 89.8 Å². The average molecular weight is 754 g/mol. The number of fused-ring (bicyclic) bond motifs is 4. The summed E-state index contributed by atoms with van der Waals surface area (Å²) in [7, 11) is 0. The van der Waals surface area contributed by atoms with Crippen molar-refractivity contribution in [3.8, 4) is 22.4 Å². The molecule has 4 nitrogen and oxygen atoms in total. The zero-order chi connectivity index (χ0) is 30.2. The van der Waals surface area contributed by atoms with Crippen LogP contribution in [0.5, 0.6) is 0 Å². The number of rotatable bonds is 9. The summed E-state index contributed by atoms with van der Waals surface area (Å²) in [5, 5.41) is 12.2. The van der Waals surface area contributed by atoms with Crippen LogP contribution in [-0.2, 0) is 37.7 Å². The smallest absolute Gasteiger partial charge is 0.162 e. The number of carbonyl (C=O) groups is 1. The molecule has 4 aromatic rings. The van der Waals surface area contributed by atoms with Crippen LogP contribution >= 0.6 is 0 Å². The fourth-order valence-electron chi connectivity index (χ4n) is 5.89. The van der Waals surface area contributed by atoms with Gasteiger partial charge in [0.25, 0.3) is 0 Å². The quantitative estimate of drug-likeness (QED) is 0.105. The Morgan fingerprint density at radius 1 is 0.907 bits per heavy atom. The van der Waals surface area contributed by atoms with E-state index in [9.17, 15) is 9.90 Å². The first-order valence-electron chi connectivity index (χ1n) is 15.6. The summed E-state index contributed by atoms with van der Waals surface area (Å²) >= 11 is 0. The molecular weight excluding hydrogens is 709 g/mol. The Bertz CT molecular complexity index is 1550. The summed E-state index contributed by atoms with van der Waals surface area (Å²) in [6.45, 7) is 12.6. The molecule has 0 amide bonds. The number of nitrogens with zero attached hydrogens (tertiary/aromatic N) is 2. The summed E-state index contributed by atoms with van der Waals surface area (Å²) < 4.78 is 0. The third kappa shape index (κ3) is 8.07. The second-order valence-corrected chi connectivity index (χ2v) is 11.6. The molecule has 1 aliphatic rings. The number of pyridine rings is 2. The molecule has 0 fully saturated rings. The van der Waals surface area contributed by atoms with Crippen LogP contribution < -0.4 is 0 Å². The second-order valence-electron chi connectivity index (χ2n) is 11.6. The van der Waals surface area contributed by atoms with Crippen LogP contribution in [0, 0.1) is 17.9 Å². The number of carbonyl (C=O) groups excluding carboxylic acids is 1. The molecule has 0 saturated heterocycles. The Labute approximate surface area is 271 Å². The molecule has 2 aromatic carbocycles. The predicted octanol–water partition coefficient (Wildman–Crippen LogP) is 9.85. The van der Waals surface area contributed by atoms with Gasteiger partial charge in [-0.2, -0.15) is 0 Å². The minimum atomic E-state index is 0. The van der Waals surface area contributed by atoms with E-state index in [4.69, 9.17) is 4.98 Å². The van der Waals surface area contributed by atoms with Crippen LogP contribution in [0.15, 0.2) is 72.9 Å². The molecule has 43 heavy (non-hydrogen) atoms. The Balaban J connectivity index is 0.000000274. The van der Waals surface area contributed by atoms with Crippen molar-refractivity contribution >= 4 is 16.6 Å². The molecule has 1 aliphatic carbocycles. The van der Waals surface area contributed by atoms with Crippen molar-refractivity contribution in [3.05, 3.63) is 95.6 Å².